The van der Waals surface area contributed by atoms with Gasteiger partial charge in [-0.05, 0) is 29.3 Å². The van der Waals surface area contributed by atoms with Crippen LogP contribution in [0.5, 0.6) is 11.5 Å². The molecule has 4 nitrogen and oxygen atoms in total. The second kappa shape index (κ2) is 6.08. The number of ether oxygens (including phenoxy) is 2. The molecule has 2 aromatic carbocycles. The molecule has 2 heterocycles. The van der Waals surface area contributed by atoms with Crippen molar-refractivity contribution in [1.29, 1.82) is 0 Å². The molecule has 0 unspecified atom stereocenters. The molecule has 0 amide bonds. The fourth-order valence-electron chi connectivity index (χ4n) is 2.67. The van der Waals surface area contributed by atoms with Gasteiger partial charge in [0.1, 0.15) is 6.61 Å². The number of aromatic amines is 1. The minimum Gasteiger partial charge on any atom is -0.485 e. The fourth-order valence-corrected chi connectivity index (χ4v) is 2.67. The highest BCUT2D eigenvalue weighted by Crippen LogP contribution is 2.35. The molecule has 0 fully saturated rings. The molecule has 0 aliphatic carbocycles. The Balaban J connectivity index is 1.42. The highest BCUT2D eigenvalue weighted by molar-refractivity contribution is 5.43. The van der Waals surface area contributed by atoms with Crippen molar-refractivity contribution in [3.8, 4) is 11.5 Å². The quantitative estimate of drug-likeness (QED) is 0.761. The van der Waals surface area contributed by atoms with Gasteiger partial charge < -0.3 is 19.8 Å². The maximum absolute atomic E-state index is 6.03. The lowest BCUT2D eigenvalue weighted by Crippen LogP contribution is -2.21. The first kappa shape index (κ1) is 13.8. The predicted octanol–water partition coefficient (Wildman–Crippen LogP) is 4.14. The summed E-state index contributed by atoms with van der Waals surface area (Å²) in [5.74, 6) is 1.62. The summed E-state index contributed by atoms with van der Waals surface area (Å²) in [6.07, 6.45) is 3.79. The predicted molar refractivity (Wildman–Crippen MR) is 89.9 cm³/mol. The molecule has 0 spiro atoms. The number of H-pyrrole nitrogens is 1. The van der Waals surface area contributed by atoms with Crippen molar-refractivity contribution >= 4 is 5.69 Å². The molecular formula is C19H18N2O2. The molecule has 3 aromatic rings. The van der Waals surface area contributed by atoms with Crippen LogP contribution in [-0.2, 0) is 6.54 Å². The summed E-state index contributed by atoms with van der Waals surface area (Å²) in [7, 11) is 0. The van der Waals surface area contributed by atoms with Gasteiger partial charge in [-0.15, -0.1) is 0 Å². The topological polar surface area (TPSA) is 46.3 Å². The summed E-state index contributed by atoms with van der Waals surface area (Å²) < 4.78 is 11.8. The van der Waals surface area contributed by atoms with E-state index in [1.807, 2.05) is 42.7 Å². The Morgan fingerprint density at radius 2 is 1.83 bits per heavy atom. The Kier molecular flexibility index (Phi) is 3.64. The lowest BCUT2D eigenvalue weighted by atomic mass is 10.1. The molecule has 1 aromatic heterocycles. The molecular weight excluding hydrogens is 288 g/mol. The van der Waals surface area contributed by atoms with Crippen LogP contribution in [-0.4, -0.2) is 11.6 Å². The number of fused-ring (bicyclic) bond motifs is 1. The first-order chi connectivity index (χ1) is 11.4. The SMILES string of the molecule is c1ccc2c(c1)OC[C@H](c1ccc(CNc3cc[nH]c3)cc1)O2. The maximum atomic E-state index is 6.03. The Morgan fingerprint density at radius 1 is 1.00 bits per heavy atom. The largest absolute Gasteiger partial charge is 0.485 e. The highest BCUT2D eigenvalue weighted by atomic mass is 16.6. The maximum Gasteiger partial charge on any atom is 0.162 e. The van der Waals surface area contributed by atoms with Crippen molar-refractivity contribution in [1.82, 2.24) is 4.98 Å². The van der Waals surface area contributed by atoms with Gasteiger partial charge in [0.05, 0.1) is 5.69 Å². The van der Waals surface area contributed by atoms with E-state index in [0.717, 1.165) is 29.3 Å². The first-order valence-electron chi connectivity index (χ1n) is 7.72. The van der Waals surface area contributed by atoms with Gasteiger partial charge in [0.2, 0.25) is 0 Å². The number of benzene rings is 2. The lowest BCUT2D eigenvalue weighted by Gasteiger charge is -2.26. The minimum atomic E-state index is -0.0587. The summed E-state index contributed by atoms with van der Waals surface area (Å²) in [5, 5.41) is 3.37. The van der Waals surface area contributed by atoms with Crippen LogP contribution in [0.4, 0.5) is 5.69 Å². The molecule has 4 heteroatoms. The zero-order valence-electron chi connectivity index (χ0n) is 12.7. The Labute approximate surface area is 135 Å². The molecule has 0 bridgehead atoms. The van der Waals surface area contributed by atoms with E-state index < -0.39 is 0 Å². The van der Waals surface area contributed by atoms with Gasteiger partial charge in [0.15, 0.2) is 17.6 Å². The van der Waals surface area contributed by atoms with E-state index in [1.54, 1.807) is 0 Å². The number of hydrogen-bond donors (Lipinski definition) is 2. The highest BCUT2D eigenvalue weighted by Gasteiger charge is 2.21. The molecule has 116 valence electrons. The van der Waals surface area contributed by atoms with Crippen molar-refractivity contribution in [2.45, 2.75) is 12.6 Å². The molecule has 0 saturated carbocycles. The number of rotatable bonds is 4. The van der Waals surface area contributed by atoms with Crippen molar-refractivity contribution < 1.29 is 9.47 Å². The van der Waals surface area contributed by atoms with E-state index >= 15 is 0 Å². The Morgan fingerprint density at radius 3 is 2.61 bits per heavy atom. The monoisotopic (exact) mass is 306 g/mol. The molecule has 2 N–H and O–H groups in total. The number of nitrogens with one attached hydrogen (secondary N) is 2. The Hall–Kier alpha value is -2.88. The van der Waals surface area contributed by atoms with E-state index in [0.29, 0.717) is 6.61 Å². The second-order valence-corrected chi connectivity index (χ2v) is 5.56. The van der Waals surface area contributed by atoms with Crippen LogP contribution in [0.15, 0.2) is 67.0 Å². The van der Waals surface area contributed by atoms with Gasteiger partial charge in [-0.25, -0.2) is 0 Å². The fraction of sp³-hybridized carbons (Fsp3) is 0.158. The van der Waals surface area contributed by atoms with Gasteiger partial charge in [0.25, 0.3) is 0 Å². The summed E-state index contributed by atoms with van der Waals surface area (Å²) in [5.41, 5.74) is 3.45. The van der Waals surface area contributed by atoms with Gasteiger partial charge >= 0.3 is 0 Å². The van der Waals surface area contributed by atoms with Gasteiger partial charge in [0, 0.05) is 18.9 Å². The number of anilines is 1. The van der Waals surface area contributed by atoms with Gasteiger partial charge in [-0.3, -0.25) is 0 Å². The first-order valence-corrected chi connectivity index (χ1v) is 7.72. The molecule has 0 saturated heterocycles. The van der Waals surface area contributed by atoms with E-state index in [1.165, 1.54) is 5.56 Å². The number of para-hydroxylation sites is 2. The molecule has 1 aliphatic heterocycles. The third kappa shape index (κ3) is 3.01. The van der Waals surface area contributed by atoms with Crippen molar-refractivity contribution in [3.05, 3.63) is 78.1 Å². The Bertz CT molecular complexity index is 766. The average Bonchev–Trinajstić information content (AvgIpc) is 3.14. The minimum absolute atomic E-state index is 0.0587. The van der Waals surface area contributed by atoms with E-state index in [9.17, 15) is 0 Å². The number of aromatic nitrogens is 1. The van der Waals surface area contributed by atoms with E-state index in [2.05, 4.69) is 34.6 Å². The summed E-state index contributed by atoms with van der Waals surface area (Å²) in [6.45, 7) is 1.33. The van der Waals surface area contributed by atoms with Crippen LogP contribution in [0.25, 0.3) is 0 Å². The van der Waals surface area contributed by atoms with Crippen LogP contribution in [0, 0.1) is 0 Å². The number of hydrogen-bond acceptors (Lipinski definition) is 3. The van der Waals surface area contributed by atoms with Crippen LogP contribution < -0.4 is 14.8 Å². The zero-order chi connectivity index (χ0) is 15.5. The third-order valence-corrected chi connectivity index (χ3v) is 3.95. The molecule has 0 radical (unpaired) electrons. The van der Waals surface area contributed by atoms with Crippen molar-refractivity contribution in [2.75, 3.05) is 11.9 Å². The zero-order valence-corrected chi connectivity index (χ0v) is 12.7. The average molecular weight is 306 g/mol. The van der Waals surface area contributed by atoms with Crippen molar-refractivity contribution in [2.24, 2.45) is 0 Å². The van der Waals surface area contributed by atoms with Crippen LogP contribution >= 0.6 is 0 Å². The van der Waals surface area contributed by atoms with Crippen LogP contribution in [0.2, 0.25) is 0 Å². The summed E-state index contributed by atoms with van der Waals surface area (Å²) in [4.78, 5) is 3.03. The molecule has 1 atom stereocenters. The smallest absolute Gasteiger partial charge is 0.162 e. The third-order valence-electron chi connectivity index (χ3n) is 3.95. The van der Waals surface area contributed by atoms with Gasteiger partial charge in [-0.2, -0.15) is 0 Å². The van der Waals surface area contributed by atoms with Crippen LogP contribution in [0.3, 0.4) is 0 Å². The lowest BCUT2D eigenvalue weighted by molar-refractivity contribution is 0.0913. The second-order valence-electron chi connectivity index (χ2n) is 5.56. The molecule has 4 rings (SSSR count). The molecule has 1 aliphatic rings. The molecule has 23 heavy (non-hydrogen) atoms. The van der Waals surface area contributed by atoms with Crippen LogP contribution in [0.1, 0.15) is 17.2 Å². The van der Waals surface area contributed by atoms with Crippen molar-refractivity contribution in [3.63, 3.8) is 0 Å². The van der Waals surface area contributed by atoms with E-state index in [-0.39, 0.29) is 6.10 Å². The summed E-state index contributed by atoms with van der Waals surface area (Å²) >= 11 is 0. The standard InChI is InChI=1S/C19H18N2O2/c1-2-4-18-17(3-1)22-13-19(23-18)15-7-5-14(6-8-15)11-21-16-9-10-20-12-16/h1-10,12,19-21H,11,13H2/t19-/m1/s1. The van der Waals surface area contributed by atoms with Gasteiger partial charge in [-0.1, -0.05) is 36.4 Å². The summed E-state index contributed by atoms with van der Waals surface area (Å²) in [6, 6.07) is 18.3. The van der Waals surface area contributed by atoms with E-state index in [4.69, 9.17) is 9.47 Å². The normalized spacial score (nSPS) is 16.1.